The number of rotatable bonds is 6. The zero-order chi connectivity index (χ0) is 14.6. The van der Waals surface area contributed by atoms with E-state index in [0.717, 1.165) is 0 Å². The highest BCUT2D eigenvalue weighted by Gasteiger charge is 2.21. The highest BCUT2D eigenvalue weighted by Crippen LogP contribution is 2.32. The van der Waals surface area contributed by atoms with Gasteiger partial charge in [0.15, 0.2) is 11.5 Å². The van der Waals surface area contributed by atoms with Gasteiger partial charge in [0.2, 0.25) is 10.0 Å². The molecule has 1 heterocycles. The van der Waals surface area contributed by atoms with Crippen LogP contribution in [0.5, 0.6) is 11.5 Å². The van der Waals surface area contributed by atoms with Crippen LogP contribution in [0.3, 0.4) is 0 Å². The van der Waals surface area contributed by atoms with Gasteiger partial charge in [-0.15, -0.1) is 0 Å². The van der Waals surface area contributed by atoms with E-state index in [1.54, 1.807) is 6.07 Å². The maximum atomic E-state index is 12.3. The van der Waals surface area contributed by atoms with Gasteiger partial charge in [0, 0.05) is 12.1 Å². The number of nitrogens with one attached hydrogen (secondary N) is 1. The van der Waals surface area contributed by atoms with Crippen molar-refractivity contribution in [3.63, 3.8) is 0 Å². The molecule has 0 fully saturated rings. The Morgan fingerprint density at radius 1 is 1.30 bits per heavy atom. The van der Waals surface area contributed by atoms with Gasteiger partial charge in [-0.3, -0.25) is 0 Å². The van der Waals surface area contributed by atoms with Crippen molar-refractivity contribution in [3.8, 4) is 11.5 Å². The molecule has 3 N–H and O–H groups in total. The molecule has 0 aliphatic carbocycles. The largest absolute Gasteiger partial charge is 0.486 e. The average Bonchev–Trinajstić information content (AvgIpc) is 2.46. The number of hydrogen-bond donors (Lipinski definition) is 2. The summed E-state index contributed by atoms with van der Waals surface area (Å²) in [6.07, 6.45) is 1.31. The lowest BCUT2D eigenvalue weighted by Gasteiger charge is -2.20. The summed E-state index contributed by atoms with van der Waals surface area (Å²) < 4.78 is 38.1. The third-order valence-electron chi connectivity index (χ3n) is 3.15. The van der Waals surface area contributed by atoms with Crippen LogP contribution in [0.2, 0.25) is 0 Å². The highest BCUT2D eigenvalue weighted by molar-refractivity contribution is 7.89. The Morgan fingerprint density at radius 3 is 2.65 bits per heavy atom. The van der Waals surface area contributed by atoms with Crippen LogP contribution in [0, 0.1) is 0 Å². The fourth-order valence-corrected chi connectivity index (χ4v) is 3.39. The fraction of sp³-hybridized carbons (Fsp3) is 0.538. The summed E-state index contributed by atoms with van der Waals surface area (Å²) in [6.45, 7) is 3.27. The molecule has 1 aliphatic rings. The summed E-state index contributed by atoms with van der Waals surface area (Å²) in [5, 5.41) is 0. The standard InChI is InChI=1S/C13H20N2O4S/c1-2-10(5-6-14)15-20(16,17)11-3-4-12-13(9-11)19-8-7-18-12/h3-4,9-10,15H,2,5-8,14H2,1H3. The van der Waals surface area contributed by atoms with Gasteiger partial charge >= 0.3 is 0 Å². The van der Waals surface area contributed by atoms with E-state index in [1.165, 1.54) is 12.1 Å². The Morgan fingerprint density at radius 2 is 2.00 bits per heavy atom. The van der Waals surface area contributed by atoms with E-state index in [1.807, 2.05) is 6.92 Å². The monoisotopic (exact) mass is 300 g/mol. The van der Waals surface area contributed by atoms with Crippen molar-refractivity contribution < 1.29 is 17.9 Å². The van der Waals surface area contributed by atoms with Crippen LogP contribution in [0.1, 0.15) is 19.8 Å². The Kier molecular flexibility index (Phi) is 4.85. The van der Waals surface area contributed by atoms with E-state index in [9.17, 15) is 8.42 Å². The van der Waals surface area contributed by atoms with Crippen LogP contribution in [-0.4, -0.2) is 34.2 Å². The van der Waals surface area contributed by atoms with Crippen molar-refractivity contribution >= 4 is 10.0 Å². The molecule has 6 nitrogen and oxygen atoms in total. The molecule has 20 heavy (non-hydrogen) atoms. The molecule has 0 saturated carbocycles. The number of sulfonamides is 1. The predicted octanol–water partition coefficient (Wildman–Crippen LogP) is 0.864. The smallest absolute Gasteiger partial charge is 0.240 e. The number of nitrogens with two attached hydrogens (primary N) is 1. The highest BCUT2D eigenvalue weighted by atomic mass is 32.2. The molecule has 0 aromatic heterocycles. The minimum atomic E-state index is -3.57. The van der Waals surface area contributed by atoms with Crippen LogP contribution >= 0.6 is 0 Å². The Balaban J connectivity index is 2.20. The fourth-order valence-electron chi connectivity index (χ4n) is 2.03. The maximum Gasteiger partial charge on any atom is 0.240 e. The zero-order valence-corrected chi connectivity index (χ0v) is 12.3. The maximum absolute atomic E-state index is 12.3. The van der Waals surface area contributed by atoms with E-state index in [4.69, 9.17) is 15.2 Å². The van der Waals surface area contributed by atoms with Gasteiger partial charge in [-0.2, -0.15) is 0 Å². The number of fused-ring (bicyclic) bond motifs is 1. The second-order valence-corrected chi connectivity index (χ2v) is 6.32. The van der Waals surface area contributed by atoms with Crippen molar-refractivity contribution in [3.05, 3.63) is 18.2 Å². The quantitative estimate of drug-likeness (QED) is 0.813. The lowest BCUT2D eigenvalue weighted by atomic mass is 10.2. The minimum absolute atomic E-state index is 0.154. The molecular formula is C13H20N2O4S. The first kappa shape index (κ1) is 15.1. The molecule has 0 radical (unpaired) electrons. The first-order chi connectivity index (χ1) is 9.56. The summed E-state index contributed by atoms with van der Waals surface area (Å²) >= 11 is 0. The molecule has 1 aromatic rings. The van der Waals surface area contributed by atoms with E-state index < -0.39 is 10.0 Å². The van der Waals surface area contributed by atoms with Crippen molar-refractivity contribution in [1.29, 1.82) is 0 Å². The van der Waals surface area contributed by atoms with E-state index >= 15 is 0 Å². The van der Waals surface area contributed by atoms with Gasteiger partial charge in [0.05, 0.1) is 4.90 Å². The van der Waals surface area contributed by atoms with Crippen LogP contribution in [0.25, 0.3) is 0 Å². The normalized spacial score (nSPS) is 15.9. The minimum Gasteiger partial charge on any atom is -0.486 e. The molecule has 0 saturated heterocycles. The lowest BCUT2D eigenvalue weighted by Crippen LogP contribution is -2.35. The van der Waals surface area contributed by atoms with Crippen molar-refractivity contribution in [2.24, 2.45) is 5.73 Å². The number of ether oxygens (including phenoxy) is 2. The summed E-state index contributed by atoms with van der Waals surface area (Å²) in [4.78, 5) is 0.178. The molecule has 1 aliphatic heterocycles. The van der Waals surface area contributed by atoms with Crippen LogP contribution in [0.4, 0.5) is 0 Å². The molecule has 1 unspecified atom stereocenters. The van der Waals surface area contributed by atoms with E-state index in [0.29, 0.717) is 44.1 Å². The van der Waals surface area contributed by atoms with Crippen molar-refractivity contribution in [2.75, 3.05) is 19.8 Å². The molecule has 0 amide bonds. The summed E-state index contributed by atoms with van der Waals surface area (Å²) in [5.41, 5.74) is 5.48. The molecule has 1 atom stereocenters. The molecule has 0 spiro atoms. The third kappa shape index (κ3) is 3.41. The molecule has 2 rings (SSSR count). The van der Waals surface area contributed by atoms with E-state index in [2.05, 4.69) is 4.72 Å². The number of benzene rings is 1. The van der Waals surface area contributed by atoms with Gasteiger partial charge < -0.3 is 15.2 Å². The van der Waals surface area contributed by atoms with Gasteiger partial charge in [0.25, 0.3) is 0 Å². The van der Waals surface area contributed by atoms with Crippen LogP contribution < -0.4 is 19.9 Å². The molecular weight excluding hydrogens is 280 g/mol. The SMILES string of the molecule is CCC(CCN)NS(=O)(=O)c1ccc2c(c1)OCCO2. The zero-order valence-electron chi connectivity index (χ0n) is 11.5. The number of hydrogen-bond acceptors (Lipinski definition) is 5. The van der Waals surface area contributed by atoms with Gasteiger partial charge in [-0.25, -0.2) is 13.1 Å². The van der Waals surface area contributed by atoms with Gasteiger partial charge in [-0.1, -0.05) is 6.92 Å². The Labute approximate surface area is 119 Å². The summed E-state index contributed by atoms with van der Waals surface area (Å²) in [5.74, 6) is 1.04. The van der Waals surface area contributed by atoms with Crippen molar-refractivity contribution in [1.82, 2.24) is 4.72 Å². The Bertz CT molecular complexity index is 559. The van der Waals surface area contributed by atoms with Gasteiger partial charge in [0.1, 0.15) is 13.2 Å². The topological polar surface area (TPSA) is 90.7 Å². The Hall–Kier alpha value is -1.31. The molecule has 7 heteroatoms. The average molecular weight is 300 g/mol. The second-order valence-electron chi connectivity index (χ2n) is 4.61. The molecule has 0 bridgehead atoms. The molecule has 112 valence electrons. The van der Waals surface area contributed by atoms with Crippen LogP contribution in [-0.2, 0) is 10.0 Å². The summed E-state index contributed by atoms with van der Waals surface area (Å²) in [7, 11) is -3.57. The first-order valence-electron chi connectivity index (χ1n) is 6.69. The lowest BCUT2D eigenvalue weighted by molar-refractivity contribution is 0.171. The third-order valence-corrected chi connectivity index (χ3v) is 4.67. The van der Waals surface area contributed by atoms with Crippen LogP contribution in [0.15, 0.2) is 23.1 Å². The second kappa shape index (κ2) is 6.43. The summed E-state index contributed by atoms with van der Waals surface area (Å²) in [6, 6.07) is 4.47. The van der Waals surface area contributed by atoms with E-state index in [-0.39, 0.29) is 10.9 Å². The molecule has 1 aromatic carbocycles. The van der Waals surface area contributed by atoms with Gasteiger partial charge in [-0.05, 0) is 31.5 Å². The van der Waals surface area contributed by atoms with Crippen molar-refractivity contribution in [2.45, 2.75) is 30.7 Å². The predicted molar refractivity (Wildman–Crippen MR) is 75.5 cm³/mol. The first-order valence-corrected chi connectivity index (χ1v) is 8.17.